The van der Waals surface area contributed by atoms with Gasteiger partial charge in [-0.1, -0.05) is 24.2 Å². The van der Waals surface area contributed by atoms with Gasteiger partial charge in [-0.3, -0.25) is 0 Å². The molecular weight excluding hydrogens is 162 g/mol. The van der Waals surface area contributed by atoms with Crippen LogP contribution in [0.15, 0.2) is 17.3 Å². The third-order valence-electron chi connectivity index (χ3n) is 3.05. The van der Waals surface area contributed by atoms with Crippen molar-refractivity contribution in [2.24, 2.45) is 17.0 Å². The minimum absolute atomic E-state index is 0.181. The zero-order chi connectivity index (χ0) is 9.84. The van der Waals surface area contributed by atoms with E-state index in [1.165, 1.54) is 12.0 Å². The van der Waals surface area contributed by atoms with Crippen molar-refractivity contribution in [1.29, 1.82) is 0 Å². The van der Waals surface area contributed by atoms with Crippen LogP contribution in [0.3, 0.4) is 0 Å². The van der Waals surface area contributed by atoms with Gasteiger partial charge in [-0.2, -0.15) is 0 Å². The van der Waals surface area contributed by atoms with Gasteiger partial charge in [-0.05, 0) is 43.6 Å². The van der Waals surface area contributed by atoms with Gasteiger partial charge in [-0.15, -0.1) is 0 Å². The zero-order valence-corrected chi connectivity index (χ0v) is 8.40. The maximum absolute atomic E-state index is 8.40. The summed E-state index contributed by atoms with van der Waals surface area (Å²) in [5, 5.41) is 3.84. The second-order valence-corrected chi connectivity index (χ2v) is 4.11. The Bertz CT molecular complexity index is 241. The molecule has 0 radical (unpaired) electrons. The summed E-state index contributed by atoms with van der Waals surface area (Å²) < 4.78 is 0. The standard InChI is InChI=1S/C10H17N3/c1-7(2)9-5-4-8(3)10(6-9)12-13-11/h8-10H,1,4-6H2,2-3H3/t8-,9-,10-/m0/s1. The molecule has 0 bridgehead atoms. The van der Waals surface area contributed by atoms with Crippen molar-refractivity contribution in [3.05, 3.63) is 22.6 Å². The minimum Gasteiger partial charge on any atom is -0.0999 e. The molecule has 3 heteroatoms. The first kappa shape index (κ1) is 10.1. The van der Waals surface area contributed by atoms with Crippen molar-refractivity contribution in [2.75, 3.05) is 0 Å². The molecule has 1 aliphatic rings. The molecule has 1 aliphatic carbocycles. The summed E-state index contributed by atoms with van der Waals surface area (Å²) in [6.45, 7) is 8.19. The van der Waals surface area contributed by atoms with Gasteiger partial charge >= 0.3 is 0 Å². The van der Waals surface area contributed by atoms with Crippen LogP contribution in [0.2, 0.25) is 0 Å². The van der Waals surface area contributed by atoms with Gasteiger partial charge in [-0.25, -0.2) is 0 Å². The number of nitrogens with zero attached hydrogens (tertiary/aromatic N) is 3. The number of hydrogen-bond donors (Lipinski definition) is 0. The maximum atomic E-state index is 8.40. The van der Waals surface area contributed by atoms with E-state index in [2.05, 4.69) is 30.5 Å². The molecular formula is C10H17N3. The van der Waals surface area contributed by atoms with Crippen molar-refractivity contribution < 1.29 is 0 Å². The molecule has 13 heavy (non-hydrogen) atoms. The first-order valence-corrected chi connectivity index (χ1v) is 4.84. The maximum Gasteiger partial charge on any atom is 0.0405 e. The van der Waals surface area contributed by atoms with E-state index in [-0.39, 0.29) is 6.04 Å². The molecule has 3 nitrogen and oxygen atoms in total. The van der Waals surface area contributed by atoms with Crippen molar-refractivity contribution in [2.45, 2.75) is 39.2 Å². The van der Waals surface area contributed by atoms with Gasteiger partial charge in [0.25, 0.3) is 0 Å². The third-order valence-corrected chi connectivity index (χ3v) is 3.05. The molecule has 1 rings (SSSR count). The molecule has 0 heterocycles. The van der Waals surface area contributed by atoms with Crippen molar-refractivity contribution in [1.82, 2.24) is 0 Å². The highest BCUT2D eigenvalue weighted by Gasteiger charge is 2.26. The first-order valence-electron chi connectivity index (χ1n) is 4.84. The molecule has 0 unspecified atom stereocenters. The summed E-state index contributed by atoms with van der Waals surface area (Å²) in [4.78, 5) is 2.90. The van der Waals surface area contributed by atoms with Gasteiger partial charge in [0.05, 0.1) is 0 Å². The Morgan fingerprint density at radius 3 is 2.77 bits per heavy atom. The highest BCUT2D eigenvalue weighted by atomic mass is 15.1. The molecule has 0 spiro atoms. The Kier molecular flexibility index (Phi) is 3.38. The summed E-state index contributed by atoms with van der Waals surface area (Å²) in [6, 6.07) is 0.181. The van der Waals surface area contributed by atoms with Gasteiger partial charge in [0.2, 0.25) is 0 Å². The Labute approximate surface area is 79.5 Å². The van der Waals surface area contributed by atoms with Crippen LogP contribution in [0.5, 0.6) is 0 Å². The van der Waals surface area contributed by atoms with Crippen LogP contribution in [-0.4, -0.2) is 6.04 Å². The van der Waals surface area contributed by atoms with E-state index in [0.717, 1.165) is 12.8 Å². The average molecular weight is 179 g/mol. The number of allylic oxidation sites excluding steroid dienone is 1. The predicted octanol–water partition coefficient (Wildman–Crippen LogP) is 3.68. The predicted molar refractivity (Wildman–Crippen MR) is 54.3 cm³/mol. The van der Waals surface area contributed by atoms with Crippen LogP contribution in [-0.2, 0) is 0 Å². The van der Waals surface area contributed by atoms with E-state index in [4.69, 9.17) is 5.53 Å². The van der Waals surface area contributed by atoms with E-state index in [9.17, 15) is 0 Å². The number of hydrogen-bond acceptors (Lipinski definition) is 1. The fraction of sp³-hybridized carbons (Fsp3) is 0.800. The summed E-state index contributed by atoms with van der Waals surface area (Å²) in [7, 11) is 0. The molecule has 0 aromatic rings. The normalized spacial score (nSPS) is 33.5. The molecule has 72 valence electrons. The molecule has 0 aromatic carbocycles. The highest BCUT2D eigenvalue weighted by Crippen LogP contribution is 2.34. The molecule has 0 aromatic heterocycles. The SMILES string of the molecule is C=C(C)[C@H]1CC[C@H](C)[C@@H](N=[N+]=[N-])C1. The quantitative estimate of drug-likeness (QED) is 0.269. The summed E-state index contributed by atoms with van der Waals surface area (Å²) >= 11 is 0. The average Bonchev–Trinajstić information content (AvgIpc) is 2.08. The second kappa shape index (κ2) is 4.33. The Morgan fingerprint density at radius 2 is 2.23 bits per heavy atom. The molecule has 1 saturated carbocycles. The van der Waals surface area contributed by atoms with E-state index < -0.39 is 0 Å². The topological polar surface area (TPSA) is 48.8 Å². The Hall–Kier alpha value is -0.950. The lowest BCUT2D eigenvalue weighted by Gasteiger charge is -2.31. The first-order chi connectivity index (χ1) is 6.15. The number of rotatable bonds is 2. The molecule has 0 saturated heterocycles. The zero-order valence-electron chi connectivity index (χ0n) is 8.40. The fourth-order valence-electron chi connectivity index (χ4n) is 1.97. The minimum atomic E-state index is 0.181. The second-order valence-electron chi connectivity index (χ2n) is 4.11. The molecule has 0 N–H and O–H groups in total. The van der Waals surface area contributed by atoms with Crippen molar-refractivity contribution in [3.63, 3.8) is 0 Å². The lowest BCUT2D eigenvalue weighted by Crippen LogP contribution is -2.26. The fourth-order valence-corrected chi connectivity index (χ4v) is 1.97. The summed E-state index contributed by atoms with van der Waals surface area (Å²) in [5.41, 5.74) is 9.62. The van der Waals surface area contributed by atoms with E-state index in [0.29, 0.717) is 11.8 Å². The van der Waals surface area contributed by atoms with Gasteiger partial charge in [0, 0.05) is 11.0 Å². The third kappa shape index (κ3) is 2.49. The van der Waals surface area contributed by atoms with Gasteiger partial charge in [0.1, 0.15) is 0 Å². The molecule has 3 atom stereocenters. The van der Waals surface area contributed by atoms with Gasteiger partial charge in [0.15, 0.2) is 0 Å². The van der Waals surface area contributed by atoms with Gasteiger partial charge < -0.3 is 0 Å². The summed E-state index contributed by atoms with van der Waals surface area (Å²) in [5.74, 6) is 1.10. The molecule has 0 amide bonds. The lowest BCUT2D eigenvalue weighted by atomic mass is 9.77. The highest BCUT2D eigenvalue weighted by molar-refractivity contribution is 5.00. The van der Waals surface area contributed by atoms with Crippen LogP contribution in [0.1, 0.15) is 33.1 Å². The van der Waals surface area contributed by atoms with Crippen LogP contribution in [0.4, 0.5) is 0 Å². The van der Waals surface area contributed by atoms with Crippen molar-refractivity contribution >= 4 is 0 Å². The summed E-state index contributed by atoms with van der Waals surface area (Å²) in [6.07, 6.45) is 3.34. The smallest absolute Gasteiger partial charge is 0.0405 e. The van der Waals surface area contributed by atoms with Crippen LogP contribution in [0.25, 0.3) is 10.4 Å². The van der Waals surface area contributed by atoms with Crippen LogP contribution < -0.4 is 0 Å². The molecule has 0 aliphatic heterocycles. The van der Waals surface area contributed by atoms with E-state index in [1.54, 1.807) is 0 Å². The van der Waals surface area contributed by atoms with Crippen molar-refractivity contribution in [3.8, 4) is 0 Å². The Morgan fingerprint density at radius 1 is 1.54 bits per heavy atom. The monoisotopic (exact) mass is 179 g/mol. The number of azide groups is 1. The van der Waals surface area contributed by atoms with Crippen LogP contribution in [0, 0.1) is 11.8 Å². The van der Waals surface area contributed by atoms with E-state index >= 15 is 0 Å². The largest absolute Gasteiger partial charge is 0.0999 e. The lowest BCUT2D eigenvalue weighted by molar-refractivity contribution is 0.277. The van der Waals surface area contributed by atoms with Crippen LogP contribution >= 0.6 is 0 Å². The Balaban J connectivity index is 2.62. The van der Waals surface area contributed by atoms with E-state index in [1.807, 2.05) is 0 Å². The molecule has 1 fully saturated rings.